The van der Waals surface area contributed by atoms with E-state index in [2.05, 4.69) is 12.2 Å². The Bertz CT molecular complexity index is 241. The number of carbonyl (C=O) groups is 2. The fourth-order valence-corrected chi connectivity index (χ4v) is 1.81. The molecule has 0 saturated carbocycles. The van der Waals surface area contributed by atoms with E-state index in [1.165, 1.54) is 0 Å². The van der Waals surface area contributed by atoms with E-state index in [1.54, 1.807) is 0 Å². The molecule has 0 heterocycles. The summed E-state index contributed by atoms with van der Waals surface area (Å²) in [6.07, 6.45) is 4.93. The molecule has 0 aliphatic carbocycles. The van der Waals surface area contributed by atoms with Gasteiger partial charge in [-0.25, -0.2) is 4.79 Å². The lowest BCUT2D eigenvalue weighted by Gasteiger charge is -2.18. The molecule has 0 aliphatic rings. The molecule has 0 aliphatic heterocycles. The number of unbranched alkanes of at least 4 members (excludes halogenated alkanes) is 1. The van der Waals surface area contributed by atoms with Gasteiger partial charge in [0.1, 0.15) is 6.04 Å². The number of carbonyl (C=O) groups excluding carboxylic acids is 1. The zero-order valence-corrected chi connectivity index (χ0v) is 11.2. The van der Waals surface area contributed by atoms with Crippen molar-refractivity contribution in [2.75, 3.05) is 0 Å². The molecule has 0 fully saturated rings. The SMILES string of the molecule is CCCCC(CC)C(=O)N[C@@H](CCC)C(=O)O. The van der Waals surface area contributed by atoms with Gasteiger partial charge in [-0.3, -0.25) is 4.79 Å². The third-order valence-electron chi connectivity index (χ3n) is 2.96. The van der Waals surface area contributed by atoms with Gasteiger partial charge in [0.05, 0.1) is 0 Å². The van der Waals surface area contributed by atoms with Gasteiger partial charge in [0.2, 0.25) is 5.91 Å². The first-order valence-corrected chi connectivity index (χ1v) is 6.59. The number of aliphatic carboxylic acids is 1. The van der Waals surface area contributed by atoms with Crippen LogP contribution >= 0.6 is 0 Å². The third kappa shape index (κ3) is 6.29. The average molecular weight is 243 g/mol. The molecule has 1 amide bonds. The minimum Gasteiger partial charge on any atom is -0.480 e. The lowest BCUT2D eigenvalue weighted by Crippen LogP contribution is -2.43. The Morgan fingerprint density at radius 3 is 2.18 bits per heavy atom. The van der Waals surface area contributed by atoms with E-state index in [4.69, 9.17) is 5.11 Å². The average Bonchev–Trinajstić information content (AvgIpc) is 2.29. The van der Waals surface area contributed by atoms with E-state index < -0.39 is 12.0 Å². The number of carboxylic acids is 1. The van der Waals surface area contributed by atoms with Crippen molar-refractivity contribution in [3.63, 3.8) is 0 Å². The van der Waals surface area contributed by atoms with Gasteiger partial charge < -0.3 is 10.4 Å². The molecule has 2 N–H and O–H groups in total. The zero-order valence-electron chi connectivity index (χ0n) is 11.2. The summed E-state index contributed by atoms with van der Waals surface area (Å²) in [5.41, 5.74) is 0. The summed E-state index contributed by atoms with van der Waals surface area (Å²) in [5.74, 6) is -1.10. The Kier molecular flexibility index (Phi) is 8.46. The fraction of sp³-hybridized carbons (Fsp3) is 0.846. The second kappa shape index (κ2) is 9.02. The van der Waals surface area contributed by atoms with Crippen LogP contribution in [-0.4, -0.2) is 23.0 Å². The number of rotatable bonds is 9. The van der Waals surface area contributed by atoms with Crippen LogP contribution in [0.1, 0.15) is 59.3 Å². The number of nitrogens with one attached hydrogen (secondary N) is 1. The Hall–Kier alpha value is -1.06. The number of carboxylic acid groups (broad SMARTS) is 1. The lowest BCUT2D eigenvalue weighted by molar-refractivity contribution is -0.142. The molecular weight excluding hydrogens is 218 g/mol. The van der Waals surface area contributed by atoms with Gasteiger partial charge in [-0.2, -0.15) is 0 Å². The van der Waals surface area contributed by atoms with Crippen molar-refractivity contribution in [1.82, 2.24) is 5.32 Å². The van der Waals surface area contributed by atoms with Crippen LogP contribution in [0.15, 0.2) is 0 Å². The Balaban J connectivity index is 4.30. The Morgan fingerprint density at radius 1 is 1.12 bits per heavy atom. The maximum absolute atomic E-state index is 11.9. The van der Waals surface area contributed by atoms with Gasteiger partial charge in [-0.15, -0.1) is 0 Å². The molecule has 0 saturated heterocycles. The quantitative estimate of drug-likeness (QED) is 0.654. The van der Waals surface area contributed by atoms with Crippen LogP contribution in [0.5, 0.6) is 0 Å². The molecule has 0 rings (SSSR count). The van der Waals surface area contributed by atoms with Crippen molar-refractivity contribution in [2.45, 2.75) is 65.3 Å². The summed E-state index contributed by atoms with van der Waals surface area (Å²) in [7, 11) is 0. The van der Waals surface area contributed by atoms with Gasteiger partial charge in [-0.1, -0.05) is 40.0 Å². The van der Waals surface area contributed by atoms with Crippen LogP contribution in [0, 0.1) is 5.92 Å². The van der Waals surface area contributed by atoms with Crippen LogP contribution in [0.25, 0.3) is 0 Å². The third-order valence-corrected chi connectivity index (χ3v) is 2.96. The number of amides is 1. The van der Waals surface area contributed by atoms with E-state index >= 15 is 0 Å². The molecule has 4 heteroatoms. The van der Waals surface area contributed by atoms with Crippen molar-refractivity contribution >= 4 is 11.9 Å². The van der Waals surface area contributed by atoms with Crippen LogP contribution in [0.3, 0.4) is 0 Å². The van der Waals surface area contributed by atoms with E-state index in [0.717, 1.165) is 32.1 Å². The maximum atomic E-state index is 11.9. The number of hydrogen-bond donors (Lipinski definition) is 2. The maximum Gasteiger partial charge on any atom is 0.326 e. The van der Waals surface area contributed by atoms with E-state index in [0.29, 0.717) is 6.42 Å². The Morgan fingerprint density at radius 2 is 1.76 bits per heavy atom. The Labute approximate surface area is 104 Å². The van der Waals surface area contributed by atoms with Crippen LogP contribution in [0.2, 0.25) is 0 Å². The molecule has 100 valence electrons. The molecule has 0 aromatic heterocycles. The van der Waals surface area contributed by atoms with Crippen LogP contribution < -0.4 is 5.32 Å². The molecule has 0 spiro atoms. The topological polar surface area (TPSA) is 66.4 Å². The highest BCUT2D eigenvalue weighted by molar-refractivity contribution is 5.84. The van der Waals surface area contributed by atoms with Crippen LogP contribution in [-0.2, 0) is 9.59 Å². The highest BCUT2D eigenvalue weighted by atomic mass is 16.4. The van der Waals surface area contributed by atoms with Gasteiger partial charge in [0.15, 0.2) is 0 Å². The van der Waals surface area contributed by atoms with Gasteiger partial charge in [-0.05, 0) is 19.3 Å². The molecule has 0 aromatic carbocycles. The molecule has 2 atom stereocenters. The van der Waals surface area contributed by atoms with Gasteiger partial charge in [0, 0.05) is 5.92 Å². The molecular formula is C13H25NO3. The van der Waals surface area contributed by atoms with E-state index in [-0.39, 0.29) is 11.8 Å². The molecule has 0 bridgehead atoms. The van der Waals surface area contributed by atoms with E-state index in [1.807, 2.05) is 13.8 Å². The first-order valence-electron chi connectivity index (χ1n) is 6.59. The van der Waals surface area contributed by atoms with Gasteiger partial charge in [0.25, 0.3) is 0 Å². The van der Waals surface area contributed by atoms with Crippen molar-refractivity contribution in [3.8, 4) is 0 Å². The van der Waals surface area contributed by atoms with Crippen molar-refractivity contribution in [1.29, 1.82) is 0 Å². The molecule has 1 unspecified atom stereocenters. The highest BCUT2D eigenvalue weighted by Gasteiger charge is 2.23. The second-order valence-electron chi connectivity index (χ2n) is 4.44. The first-order chi connectivity index (χ1) is 8.06. The minimum absolute atomic E-state index is 0.0475. The first kappa shape index (κ1) is 15.9. The predicted molar refractivity (Wildman–Crippen MR) is 67.8 cm³/mol. The summed E-state index contributed by atoms with van der Waals surface area (Å²) >= 11 is 0. The number of hydrogen-bond acceptors (Lipinski definition) is 2. The highest BCUT2D eigenvalue weighted by Crippen LogP contribution is 2.13. The fourth-order valence-electron chi connectivity index (χ4n) is 1.81. The van der Waals surface area contributed by atoms with Crippen molar-refractivity contribution < 1.29 is 14.7 Å². The molecule has 0 radical (unpaired) electrons. The van der Waals surface area contributed by atoms with Gasteiger partial charge >= 0.3 is 5.97 Å². The smallest absolute Gasteiger partial charge is 0.326 e. The van der Waals surface area contributed by atoms with E-state index in [9.17, 15) is 9.59 Å². The normalized spacial score (nSPS) is 14.1. The molecule has 4 nitrogen and oxygen atoms in total. The minimum atomic E-state index is -0.939. The standard InChI is InChI=1S/C13H25NO3/c1-4-7-9-10(6-3)12(15)14-11(8-5-2)13(16)17/h10-11H,4-9H2,1-3H3,(H,14,15)(H,16,17)/t10?,11-/m0/s1. The summed E-state index contributed by atoms with van der Waals surface area (Å²) in [6.45, 7) is 5.97. The van der Waals surface area contributed by atoms with Crippen LogP contribution in [0.4, 0.5) is 0 Å². The summed E-state index contributed by atoms with van der Waals surface area (Å²) in [4.78, 5) is 22.8. The summed E-state index contributed by atoms with van der Waals surface area (Å²) in [5, 5.41) is 11.6. The monoisotopic (exact) mass is 243 g/mol. The second-order valence-corrected chi connectivity index (χ2v) is 4.44. The molecule has 0 aromatic rings. The summed E-state index contributed by atoms with van der Waals surface area (Å²) in [6, 6.07) is -0.733. The predicted octanol–water partition coefficient (Wildman–Crippen LogP) is 2.57. The van der Waals surface area contributed by atoms with Crippen molar-refractivity contribution in [3.05, 3.63) is 0 Å². The van der Waals surface area contributed by atoms with Crippen molar-refractivity contribution in [2.24, 2.45) is 5.92 Å². The summed E-state index contributed by atoms with van der Waals surface area (Å²) < 4.78 is 0. The zero-order chi connectivity index (χ0) is 13.3. The lowest BCUT2D eigenvalue weighted by atomic mass is 9.98. The largest absolute Gasteiger partial charge is 0.480 e. The molecule has 17 heavy (non-hydrogen) atoms.